The Bertz CT molecular complexity index is 641. The minimum Gasteiger partial charge on any atom is -0.383 e. The van der Waals surface area contributed by atoms with E-state index in [0.29, 0.717) is 24.5 Å². The van der Waals surface area contributed by atoms with E-state index >= 15 is 0 Å². The van der Waals surface area contributed by atoms with E-state index in [0.717, 1.165) is 0 Å². The third-order valence-corrected chi connectivity index (χ3v) is 3.93. The third kappa shape index (κ3) is 3.52. The van der Waals surface area contributed by atoms with E-state index in [1.165, 1.54) is 12.5 Å². The molecule has 2 heterocycles. The molecule has 0 aromatic carbocycles. The minimum atomic E-state index is -3.65. The number of nitrogens with one attached hydrogen (secondary N) is 3. The zero-order valence-electron chi connectivity index (χ0n) is 11.0. The van der Waals surface area contributed by atoms with Crippen molar-refractivity contribution in [2.75, 3.05) is 18.4 Å². The Labute approximate surface area is 117 Å². The highest BCUT2D eigenvalue weighted by atomic mass is 32.2. The molecule has 8 nitrogen and oxygen atoms in total. The maximum absolute atomic E-state index is 12.2. The Hall–Kier alpha value is -2.00. The van der Waals surface area contributed by atoms with Crippen LogP contribution in [0.5, 0.6) is 0 Å². The van der Waals surface area contributed by atoms with Crippen molar-refractivity contribution in [3.63, 3.8) is 0 Å². The van der Waals surface area contributed by atoms with Gasteiger partial charge in [-0.3, -0.25) is 5.10 Å². The van der Waals surface area contributed by atoms with Crippen LogP contribution < -0.4 is 10.0 Å². The van der Waals surface area contributed by atoms with E-state index in [1.807, 2.05) is 6.92 Å². The first-order valence-electron chi connectivity index (χ1n) is 6.16. The van der Waals surface area contributed by atoms with Crippen molar-refractivity contribution in [2.45, 2.75) is 18.4 Å². The standard InChI is InChI=1S/C11H16N6O2S/c1-2-12-9-4-3-6-13-11(9)20(18,19)16-7-5-10-14-8-15-17-10/h3-4,6,8,12,16H,2,5,7H2,1H3,(H,14,15,17). The van der Waals surface area contributed by atoms with Gasteiger partial charge in [0.2, 0.25) is 0 Å². The molecule has 2 rings (SSSR count). The van der Waals surface area contributed by atoms with E-state index < -0.39 is 10.0 Å². The molecule has 0 fully saturated rings. The van der Waals surface area contributed by atoms with Crippen LogP contribution in [0.2, 0.25) is 0 Å². The summed E-state index contributed by atoms with van der Waals surface area (Å²) in [5, 5.41) is 9.34. The second kappa shape index (κ2) is 6.44. The van der Waals surface area contributed by atoms with E-state index in [9.17, 15) is 8.42 Å². The molecule has 0 atom stereocenters. The largest absolute Gasteiger partial charge is 0.383 e. The van der Waals surface area contributed by atoms with Crippen molar-refractivity contribution < 1.29 is 8.42 Å². The number of anilines is 1. The normalized spacial score (nSPS) is 11.4. The minimum absolute atomic E-state index is 0.000537. The van der Waals surface area contributed by atoms with Gasteiger partial charge in [0.05, 0.1) is 5.69 Å². The van der Waals surface area contributed by atoms with E-state index in [-0.39, 0.29) is 11.6 Å². The first kappa shape index (κ1) is 14.4. The number of H-pyrrole nitrogens is 1. The highest BCUT2D eigenvalue weighted by Gasteiger charge is 2.19. The maximum atomic E-state index is 12.2. The molecule has 2 aromatic rings. The lowest BCUT2D eigenvalue weighted by molar-refractivity contribution is 0.577. The Balaban J connectivity index is 2.06. The van der Waals surface area contributed by atoms with Crippen LogP contribution >= 0.6 is 0 Å². The number of nitrogens with zero attached hydrogens (tertiary/aromatic N) is 3. The first-order valence-corrected chi connectivity index (χ1v) is 7.64. The quantitative estimate of drug-likeness (QED) is 0.670. The Kier molecular flexibility index (Phi) is 4.64. The van der Waals surface area contributed by atoms with Gasteiger partial charge in [-0.2, -0.15) is 5.10 Å². The summed E-state index contributed by atoms with van der Waals surface area (Å²) < 4.78 is 26.9. The fraction of sp³-hybridized carbons (Fsp3) is 0.364. The van der Waals surface area contributed by atoms with Crippen LogP contribution in [0.4, 0.5) is 5.69 Å². The molecule has 0 aliphatic heterocycles. The highest BCUT2D eigenvalue weighted by molar-refractivity contribution is 7.89. The van der Waals surface area contributed by atoms with Crippen LogP contribution in [0.15, 0.2) is 29.7 Å². The summed E-state index contributed by atoms with van der Waals surface area (Å²) >= 11 is 0. The molecule has 3 N–H and O–H groups in total. The van der Waals surface area contributed by atoms with Crippen molar-refractivity contribution in [3.05, 3.63) is 30.5 Å². The molecule has 2 aromatic heterocycles. The third-order valence-electron chi connectivity index (χ3n) is 2.51. The molecule has 9 heteroatoms. The first-order chi connectivity index (χ1) is 9.63. The molecule has 20 heavy (non-hydrogen) atoms. The predicted molar refractivity (Wildman–Crippen MR) is 73.7 cm³/mol. The molecule has 0 bridgehead atoms. The Morgan fingerprint density at radius 3 is 2.90 bits per heavy atom. The molecule has 0 unspecified atom stereocenters. The number of hydrogen-bond donors (Lipinski definition) is 3. The van der Waals surface area contributed by atoms with Crippen molar-refractivity contribution in [2.24, 2.45) is 0 Å². The summed E-state index contributed by atoms with van der Waals surface area (Å²) in [7, 11) is -3.65. The lowest BCUT2D eigenvalue weighted by atomic mass is 10.4. The smallest absolute Gasteiger partial charge is 0.260 e. The molecule has 0 saturated heterocycles. The predicted octanol–water partition coefficient (Wildman–Crippen LogP) is 0.152. The molecular weight excluding hydrogens is 280 g/mol. The van der Waals surface area contributed by atoms with Gasteiger partial charge in [-0.05, 0) is 19.1 Å². The lowest BCUT2D eigenvalue weighted by Gasteiger charge is -2.10. The van der Waals surface area contributed by atoms with Gasteiger partial charge >= 0.3 is 0 Å². The van der Waals surface area contributed by atoms with Crippen LogP contribution in [0, 0.1) is 0 Å². The summed E-state index contributed by atoms with van der Waals surface area (Å²) in [5.74, 6) is 0.626. The van der Waals surface area contributed by atoms with Crippen molar-refractivity contribution >= 4 is 15.7 Å². The second-order valence-corrected chi connectivity index (χ2v) is 5.65. The molecule has 108 valence electrons. The molecular formula is C11H16N6O2S. The van der Waals surface area contributed by atoms with Gasteiger partial charge in [-0.15, -0.1) is 0 Å². The number of aromatic nitrogens is 4. The zero-order valence-corrected chi connectivity index (χ0v) is 11.8. The fourth-order valence-electron chi connectivity index (χ4n) is 1.65. The number of pyridine rings is 1. The number of hydrogen-bond acceptors (Lipinski definition) is 6. The molecule has 0 spiro atoms. The molecule has 0 amide bonds. The monoisotopic (exact) mass is 296 g/mol. The number of aromatic amines is 1. The summed E-state index contributed by atoms with van der Waals surface area (Å²) in [5.41, 5.74) is 0.488. The number of sulfonamides is 1. The summed E-state index contributed by atoms with van der Waals surface area (Å²) in [6.45, 7) is 2.73. The maximum Gasteiger partial charge on any atom is 0.260 e. The van der Waals surface area contributed by atoms with E-state index in [2.05, 4.69) is 30.2 Å². The summed E-state index contributed by atoms with van der Waals surface area (Å²) in [6, 6.07) is 3.37. The second-order valence-electron chi connectivity index (χ2n) is 3.97. The van der Waals surface area contributed by atoms with Gasteiger partial charge in [0.25, 0.3) is 10.0 Å². The SMILES string of the molecule is CCNc1cccnc1S(=O)(=O)NCCc1ncn[nH]1. The van der Waals surface area contributed by atoms with E-state index in [1.54, 1.807) is 12.1 Å². The number of rotatable bonds is 7. The van der Waals surface area contributed by atoms with Gasteiger partial charge < -0.3 is 5.32 Å². The average Bonchev–Trinajstić information content (AvgIpc) is 2.92. The Morgan fingerprint density at radius 2 is 2.20 bits per heavy atom. The van der Waals surface area contributed by atoms with Gasteiger partial charge in [-0.25, -0.2) is 23.1 Å². The van der Waals surface area contributed by atoms with Crippen molar-refractivity contribution in [1.82, 2.24) is 24.9 Å². The van der Waals surface area contributed by atoms with Crippen molar-refractivity contribution in [3.8, 4) is 0 Å². The average molecular weight is 296 g/mol. The van der Waals surface area contributed by atoms with Crippen LogP contribution in [0.3, 0.4) is 0 Å². The van der Waals surface area contributed by atoms with Crippen LogP contribution in [-0.2, 0) is 16.4 Å². The highest BCUT2D eigenvalue weighted by Crippen LogP contribution is 2.17. The van der Waals surface area contributed by atoms with Gasteiger partial charge in [-0.1, -0.05) is 0 Å². The van der Waals surface area contributed by atoms with Crippen LogP contribution in [-0.4, -0.2) is 41.7 Å². The topological polar surface area (TPSA) is 113 Å². The van der Waals surface area contributed by atoms with Crippen LogP contribution in [0.1, 0.15) is 12.7 Å². The zero-order chi connectivity index (χ0) is 14.4. The molecule has 0 radical (unpaired) electrons. The fourth-order valence-corrected chi connectivity index (χ4v) is 2.79. The molecule has 0 aliphatic carbocycles. The molecule has 0 aliphatic rings. The van der Waals surface area contributed by atoms with Gasteiger partial charge in [0, 0.05) is 25.7 Å². The Morgan fingerprint density at radius 1 is 1.35 bits per heavy atom. The lowest BCUT2D eigenvalue weighted by Crippen LogP contribution is -2.27. The summed E-state index contributed by atoms with van der Waals surface area (Å²) in [6.07, 6.45) is 3.26. The summed E-state index contributed by atoms with van der Waals surface area (Å²) in [4.78, 5) is 7.86. The molecule has 0 saturated carbocycles. The van der Waals surface area contributed by atoms with Gasteiger partial charge in [0.15, 0.2) is 5.03 Å². The van der Waals surface area contributed by atoms with E-state index in [4.69, 9.17) is 0 Å². The van der Waals surface area contributed by atoms with Gasteiger partial charge in [0.1, 0.15) is 12.2 Å². The van der Waals surface area contributed by atoms with Crippen LogP contribution in [0.25, 0.3) is 0 Å². The van der Waals surface area contributed by atoms with Crippen molar-refractivity contribution in [1.29, 1.82) is 0 Å².